The van der Waals surface area contributed by atoms with Crippen molar-refractivity contribution >= 4 is 13.6 Å². The van der Waals surface area contributed by atoms with E-state index in [1.165, 1.54) is 4.90 Å². The van der Waals surface area contributed by atoms with Gasteiger partial charge in [-0.05, 0) is 6.42 Å². The van der Waals surface area contributed by atoms with E-state index in [1.807, 2.05) is 12.5 Å². The largest absolute Gasteiger partial charge is 0.673 e. The highest BCUT2D eigenvalue weighted by Gasteiger charge is 2.20. The summed E-state index contributed by atoms with van der Waals surface area (Å²) in [7, 11) is -4.26. The quantitative estimate of drug-likeness (QED) is 0.586. The van der Waals surface area contributed by atoms with Gasteiger partial charge in [0.25, 0.3) is 0 Å². The van der Waals surface area contributed by atoms with E-state index in [1.54, 1.807) is 13.3 Å². The van der Waals surface area contributed by atoms with Crippen molar-refractivity contribution in [3.63, 3.8) is 0 Å². The highest BCUT2D eigenvalue weighted by molar-refractivity contribution is 6.50. The van der Waals surface area contributed by atoms with Crippen LogP contribution >= 0.6 is 0 Å². The Labute approximate surface area is 91.9 Å². The topological polar surface area (TPSA) is 26.0 Å². The van der Waals surface area contributed by atoms with E-state index in [9.17, 15) is 17.3 Å². The standard InChI is InChI=1S/C8H14N2O.BF4/c1-3-4-8(11-2)10-6-5-9-7-10;2-1(3,4)5/h5-8H,3-4H2,1-2H3;/q;-1/p+1. The third-order valence-corrected chi connectivity index (χ3v) is 1.78. The Hall–Kier alpha value is -0.885. The Bertz CT molecular complexity index is 227. The predicted molar refractivity (Wildman–Crippen MR) is 54.5 cm³/mol. The van der Waals surface area contributed by atoms with Gasteiger partial charge in [0.05, 0.1) is 6.20 Å². The normalized spacial score (nSPS) is 20.5. The molecule has 0 bridgehead atoms. The fourth-order valence-corrected chi connectivity index (χ4v) is 1.17. The van der Waals surface area contributed by atoms with Gasteiger partial charge in [-0.1, -0.05) is 6.92 Å². The Morgan fingerprint density at radius 2 is 1.94 bits per heavy atom. The molecule has 1 aliphatic rings. The van der Waals surface area contributed by atoms with E-state index in [0.29, 0.717) is 0 Å². The molecule has 1 rings (SSSR count). The van der Waals surface area contributed by atoms with Gasteiger partial charge in [0.1, 0.15) is 6.20 Å². The molecule has 0 amide bonds. The summed E-state index contributed by atoms with van der Waals surface area (Å²) >= 11 is 0. The number of aliphatic imine (C=N–C) groups is 1. The van der Waals surface area contributed by atoms with Crippen molar-refractivity contribution in [1.29, 1.82) is 0 Å². The molecular formula is C8H15BF4N2O. The van der Waals surface area contributed by atoms with Gasteiger partial charge in [-0.25, -0.2) is 9.89 Å². The van der Waals surface area contributed by atoms with E-state index in [0.717, 1.165) is 12.8 Å². The molecule has 1 N–H and O–H groups in total. The van der Waals surface area contributed by atoms with Gasteiger partial charge in [-0.3, -0.25) is 0 Å². The van der Waals surface area contributed by atoms with E-state index >= 15 is 0 Å². The molecule has 0 radical (unpaired) electrons. The summed E-state index contributed by atoms with van der Waals surface area (Å²) in [6.07, 6.45) is 8.12. The Morgan fingerprint density at radius 3 is 2.25 bits per heavy atom. The number of ether oxygens (including phenoxy) is 1. The third kappa shape index (κ3) is 8.43. The van der Waals surface area contributed by atoms with Crippen LogP contribution in [0.1, 0.15) is 19.8 Å². The highest BCUT2D eigenvalue weighted by Crippen LogP contribution is 2.06. The minimum absolute atomic E-state index is 0.238. The summed E-state index contributed by atoms with van der Waals surface area (Å²) in [4.78, 5) is 5.18. The van der Waals surface area contributed by atoms with Crippen LogP contribution in [0.15, 0.2) is 17.4 Å². The van der Waals surface area contributed by atoms with E-state index in [2.05, 4.69) is 11.9 Å². The molecule has 0 aromatic rings. The molecule has 3 nitrogen and oxygen atoms in total. The van der Waals surface area contributed by atoms with Crippen LogP contribution in [0.5, 0.6) is 0 Å². The fourth-order valence-electron chi connectivity index (χ4n) is 1.17. The van der Waals surface area contributed by atoms with E-state index < -0.39 is 7.25 Å². The molecule has 1 aliphatic heterocycles. The monoisotopic (exact) mass is 242 g/mol. The zero-order chi connectivity index (χ0) is 12.6. The van der Waals surface area contributed by atoms with Crippen LogP contribution in [0.4, 0.5) is 17.3 Å². The zero-order valence-corrected chi connectivity index (χ0v) is 9.17. The molecular weight excluding hydrogens is 227 g/mol. The molecule has 0 aromatic heterocycles. The summed E-state index contributed by atoms with van der Waals surface area (Å²) in [5, 5.41) is 0. The number of quaternary nitrogens is 1. The molecule has 0 saturated carbocycles. The zero-order valence-electron chi connectivity index (χ0n) is 9.17. The molecule has 0 spiro atoms. The summed E-state index contributed by atoms with van der Waals surface area (Å²) in [5.41, 5.74) is 0. The van der Waals surface area contributed by atoms with Crippen LogP contribution in [0.25, 0.3) is 0 Å². The first-order valence-corrected chi connectivity index (χ1v) is 4.85. The number of nitrogens with zero attached hydrogens (tertiary/aromatic N) is 1. The maximum Gasteiger partial charge on any atom is 0.673 e. The predicted octanol–water partition coefficient (Wildman–Crippen LogP) is 1.46. The number of hydrogen-bond acceptors (Lipinski definition) is 2. The molecule has 0 saturated heterocycles. The minimum atomic E-state index is -6.00. The second-order valence-electron chi connectivity index (χ2n) is 3.10. The van der Waals surface area contributed by atoms with Gasteiger partial charge in [0.15, 0.2) is 6.34 Å². The van der Waals surface area contributed by atoms with Crippen molar-refractivity contribution in [2.75, 3.05) is 7.11 Å². The van der Waals surface area contributed by atoms with Crippen LogP contribution in [-0.4, -0.2) is 26.9 Å². The van der Waals surface area contributed by atoms with Crippen LogP contribution in [-0.2, 0) is 4.74 Å². The van der Waals surface area contributed by atoms with Crippen LogP contribution in [0, 0.1) is 0 Å². The van der Waals surface area contributed by atoms with Crippen molar-refractivity contribution in [2.24, 2.45) is 4.99 Å². The van der Waals surface area contributed by atoms with E-state index in [4.69, 9.17) is 4.74 Å². The summed E-state index contributed by atoms with van der Waals surface area (Å²) in [6.45, 7) is 2.16. The van der Waals surface area contributed by atoms with Crippen molar-refractivity contribution in [2.45, 2.75) is 26.0 Å². The van der Waals surface area contributed by atoms with E-state index in [-0.39, 0.29) is 6.23 Å². The average Bonchev–Trinajstić information content (AvgIpc) is 2.64. The molecule has 2 atom stereocenters. The van der Waals surface area contributed by atoms with Gasteiger partial charge in [-0.2, -0.15) is 0 Å². The van der Waals surface area contributed by atoms with Crippen molar-refractivity contribution in [1.82, 2.24) is 0 Å². The lowest BCUT2D eigenvalue weighted by Crippen LogP contribution is -3.10. The van der Waals surface area contributed by atoms with Crippen LogP contribution in [0.3, 0.4) is 0 Å². The molecule has 8 heteroatoms. The van der Waals surface area contributed by atoms with Crippen molar-refractivity contribution < 1.29 is 26.9 Å². The average molecular weight is 242 g/mol. The maximum atomic E-state index is 9.75. The Balaban J connectivity index is 0.000000385. The lowest BCUT2D eigenvalue weighted by Gasteiger charge is -2.16. The molecule has 0 fully saturated rings. The Kier molecular flexibility index (Phi) is 6.99. The highest BCUT2D eigenvalue weighted by atomic mass is 19.5. The number of nitrogens with one attached hydrogen (secondary N) is 1. The molecule has 16 heavy (non-hydrogen) atoms. The number of hydrogen-bond donors (Lipinski definition) is 1. The van der Waals surface area contributed by atoms with Crippen LogP contribution < -0.4 is 4.90 Å². The molecule has 0 aromatic carbocycles. The van der Waals surface area contributed by atoms with Crippen molar-refractivity contribution in [3.05, 3.63) is 12.4 Å². The number of methoxy groups -OCH3 is 1. The summed E-state index contributed by atoms with van der Waals surface area (Å²) < 4.78 is 44.3. The first-order chi connectivity index (χ1) is 7.38. The first-order valence-electron chi connectivity index (χ1n) is 4.85. The minimum Gasteiger partial charge on any atom is -0.418 e. The van der Waals surface area contributed by atoms with Crippen molar-refractivity contribution in [3.8, 4) is 0 Å². The van der Waals surface area contributed by atoms with Gasteiger partial charge in [-0.15, -0.1) is 0 Å². The maximum absolute atomic E-state index is 9.75. The van der Waals surface area contributed by atoms with Gasteiger partial charge < -0.3 is 22.0 Å². The first kappa shape index (κ1) is 15.1. The molecule has 2 unspecified atom stereocenters. The lowest BCUT2D eigenvalue weighted by molar-refractivity contribution is -0.801. The van der Waals surface area contributed by atoms with Crippen LogP contribution in [0.2, 0.25) is 0 Å². The molecule has 0 aliphatic carbocycles. The molecule has 1 heterocycles. The SMILES string of the molecule is CCCC(OC)[NH+]1C=CN=C1.F[B-](F)(F)F. The van der Waals surface area contributed by atoms with Gasteiger partial charge in [0.2, 0.25) is 6.23 Å². The summed E-state index contributed by atoms with van der Waals surface area (Å²) in [5.74, 6) is 0. The number of halogens is 4. The van der Waals surface area contributed by atoms with Gasteiger partial charge >= 0.3 is 7.25 Å². The van der Waals surface area contributed by atoms with Gasteiger partial charge in [0, 0.05) is 13.5 Å². The smallest absolute Gasteiger partial charge is 0.418 e. The number of rotatable bonds is 4. The second-order valence-corrected chi connectivity index (χ2v) is 3.10. The summed E-state index contributed by atoms with van der Waals surface area (Å²) in [6, 6.07) is 0. The lowest BCUT2D eigenvalue weighted by atomic mass is 10.3. The molecule has 94 valence electrons. The third-order valence-electron chi connectivity index (χ3n) is 1.78. The second kappa shape index (κ2) is 7.40. The Morgan fingerprint density at radius 1 is 1.38 bits per heavy atom. The fraction of sp³-hybridized carbons (Fsp3) is 0.625.